The molecule has 0 aliphatic rings. The van der Waals surface area contributed by atoms with Crippen LogP contribution in [0.3, 0.4) is 0 Å². The minimum atomic E-state index is -0.593. The van der Waals surface area contributed by atoms with Crippen LogP contribution in [0.15, 0.2) is 28.7 Å². The van der Waals surface area contributed by atoms with Gasteiger partial charge in [-0.1, -0.05) is 11.6 Å². The molecule has 1 aromatic carbocycles. The number of methoxy groups -OCH3 is 1. The van der Waals surface area contributed by atoms with E-state index in [1.165, 1.54) is 37.3 Å². The van der Waals surface area contributed by atoms with E-state index in [1.54, 1.807) is 6.92 Å². The molecule has 2 aromatic rings. The summed E-state index contributed by atoms with van der Waals surface area (Å²) >= 11 is 5.97. The quantitative estimate of drug-likeness (QED) is 0.457. The molecule has 132 valence electrons. The van der Waals surface area contributed by atoms with E-state index in [9.17, 15) is 19.7 Å². The highest BCUT2D eigenvalue weighted by Gasteiger charge is 2.21. The first kappa shape index (κ1) is 18.5. The smallest absolute Gasteiger partial charge is 0.341 e. The Hall–Kier alpha value is -2.87. The van der Waals surface area contributed by atoms with Gasteiger partial charge in [-0.05, 0) is 19.1 Å². The number of nitro benzene ring substituents is 1. The average Bonchev–Trinajstić information content (AvgIpc) is 2.93. The van der Waals surface area contributed by atoms with E-state index in [0.717, 1.165) is 6.07 Å². The van der Waals surface area contributed by atoms with Gasteiger partial charge in [0.05, 0.1) is 29.2 Å². The fourth-order valence-corrected chi connectivity index (χ4v) is 2.49. The molecule has 1 amide bonds. The molecule has 1 heterocycles. The maximum absolute atomic E-state index is 12.5. The van der Waals surface area contributed by atoms with Crippen LogP contribution in [-0.4, -0.2) is 35.9 Å². The van der Waals surface area contributed by atoms with Gasteiger partial charge in [0.2, 0.25) is 0 Å². The van der Waals surface area contributed by atoms with Crippen LogP contribution >= 0.6 is 11.6 Å². The van der Waals surface area contributed by atoms with Crippen LogP contribution in [0.4, 0.5) is 5.69 Å². The molecule has 0 N–H and O–H groups in total. The molecule has 8 nitrogen and oxygen atoms in total. The van der Waals surface area contributed by atoms with E-state index in [1.807, 2.05) is 0 Å². The van der Waals surface area contributed by atoms with Crippen molar-refractivity contribution < 1.29 is 23.7 Å². The summed E-state index contributed by atoms with van der Waals surface area (Å²) in [5.74, 6) is -0.184. The molecule has 2 rings (SSSR count). The number of non-ortho nitro benzene ring substituents is 1. The summed E-state index contributed by atoms with van der Waals surface area (Å²) in [6.45, 7) is 1.70. The number of nitrogens with zero attached hydrogens (tertiary/aromatic N) is 2. The summed E-state index contributed by atoms with van der Waals surface area (Å²) in [5.41, 5.74) is 0.214. The van der Waals surface area contributed by atoms with Gasteiger partial charge in [-0.3, -0.25) is 14.9 Å². The first-order valence-electron chi connectivity index (χ1n) is 7.11. The Morgan fingerprint density at radius 2 is 2.00 bits per heavy atom. The zero-order chi connectivity index (χ0) is 18.7. The molecule has 0 aliphatic heterocycles. The van der Waals surface area contributed by atoms with Crippen molar-refractivity contribution in [2.75, 3.05) is 14.2 Å². The van der Waals surface area contributed by atoms with Crippen molar-refractivity contribution in [2.45, 2.75) is 13.5 Å². The molecule has 9 heteroatoms. The predicted molar refractivity (Wildman–Crippen MR) is 88.7 cm³/mol. The third-order valence-corrected chi connectivity index (χ3v) is 3.82. The topological polar surface area (TPSA) is 103 Å². The van der Waals surface area contributed by atoms with E-state index in [2.05, 4.69) is 4.74 Å². The number of halogens is 1. The molecule has 0 fully saturated rings. The third-order valence-electron chi connectivity index (χ3n) is 3.51. The van der Waals surface area contributed by atoms with Gasteiger partial charge in [-0.15, -0.1) is 0 Å². The lowest BCUT2D eigenvalue weighted by molar-refractivity contribution is -0.384. The van der Waals surface area contributed by atoms with E-state index in [-0.39, 0.29) is 28.4 Å². The Morgan fingerprint density at radius 3 is 2.56 bits per heavy atom. The normalized spacial score (nSPS) is 10.4. The van der Waals surface area contributed by atoms with E-state index in [0.29, 0.717) is 11.5 Å². The number of amides is 1. The zero-order valence-corrected chi connectivity index (χ0v) is 14.5. The van der Waals surface area contributed by atoms with Crippen LogP contribution in [0.1, 0.15) is 32.2 Å². The lowest BCUT2D eigenvalue weighted by atomic mass is 10.1. The summed E-state index contributed by atoms with van der Waals surface area (Å²) in [6.07, 6.45) is 0. The second-order valence-electron chi connectivity index (χ2n) is 5.26. The highest BCUT2D eigenvalue weighted by Crippen LogP contribution is 2.24. The number of esters is 1. The first-order valence-corrected chi connectivity index (χ1v) is 7.49. The standard InChI is InChI=1S/C16H15ClN2O6/c1-9-13(16(21)24-3)7-11(25-9)8-18(2)15(20)12-5-4-10(19(22)23)6-14(12)17/h4-7H,8H2,1-3H3. The number of ether oxygens (including phenoxy) is 1. The summed E-state index contributed by atoms with van der Waals surface area (Å²) < 4.78 is 10.1. The van der Waals surface area contributed by atoms with Gasteiger partial charge >= 0.3 is 5.97 Å². The van der Waals surface area contributed by atoms with Crippen molar-refractivity contribution in [2.24, 2.45) is 0 Å². The van der Waals surface area contributed by atoms with Gasteiger partial charge in [0.1, 0.15) is 17.1 Å². The van der Waals surface area contributed by atoms with Crippen LogP contribution in [0.5, 0.6) is 0 Å². The molecular formula is C16H15ClN2O6. The van der Waals surface area contributed by atoms with Gasteiger partial charge in [-0.2, -0.15) is 0 Å². The molecule has 0 bridgehead atoms. The summed E-state index contributed by atoms with van der Waals surface area (Å²) in [4.78, 5) is 35.5. The van der Waals surface area contributed by atoms with E-state index in [4.69, 9.17) is 16.0 Å². The highest BCUT2D eigenvalue weighted by molar-refractivity contribution is 6.34. The van der Waals surface area contributed by atoms with Crippen molar-refractivity contribution >= 4 is 29.2 Å². The Balaban J connectivity index is 2.18. The van der Waals surface area contributed by atoms with Gasteiger partial charge in [0.15, 0.2) is 0 Å². The second-order valence-corrected chi connectivity index (χ2v) is 5.66. The predicted octanol–water partition coefficient (Wildman–Crippen LogP) is 3.21. The molecule has 0 atom stereocenters. The maximum atomic E-state index is 12.5. The Morgan fingerprint density at radius 1 is 1.32 bits per heavy atom. The Bertz CT molecular complexity index is 845. The monoisotopic (exact) mass is 366 g/mol. The summed E-state index contributed by atoms with van der Waals surface area (Å²) in [7, 11) is 2.79. The van der Waals surface area contributed by atoms with Crippen LogP contribution < -0.4 is 0 Å². The minimum Gasteiger partial charge on any atom is -0.465 e. The average molecular weight is 367 g/mol. The molecule has 0 radical (unpaired) electrons. The summed E-state index contributed by atoms with van der Waals surface area (Å²) in [6, 6.07) is 5.13. The number of carbonyl (C=O) groups excluding carboxylic acids is 2. The zero-order valence-electron chi connectivity index (χ0n) is 13.7. The van der Waals surface area contributed by atoms with Crippen LogP contribution in [0.25, 0.3) is 0 Å². The van der Waals surface area contributed by atoms with Crippen molar-refractivity contribution in [3.05, 3.63) is 62.0 Å². The number of hydrogen-bond acceptors (Lipinski definition) is 6. The van der Waals surface area contributed by atoms with E-state index < -0.39 is 16.8 Å². The second kappa shape index (κ2) is 7.35. The molecular weight excluding hydrogens is 352 g/mol. The molecule has 0 aliphatic carbocycles. The number of rotatable bonds is 5. The van der Waals surface area contributed by atoms with Crippen molar-refractivity contribution in [1.82, 2.24) is 4.90 Å². The SMILES string of the molecule is COC(=O)c1cc(CN(C)C(=O)c2ccc([N+](=O)[O-])cc2Cl)oc1C. The van der Waals surface area contributed by atoms with Crippen LogP contribution in [-0.2, 0) is 11.3 Å². The van der Waals surface area contributed by atoms with Crippen LogP contribution in [0.2, 0.25) is 5.02 Å². The number of hydrogen-bond donors (Lipinski definition) is 0. The van der Waals surface area contributed by atoms with E-state index >= 15 is 0 Å². The highest BCUT2D eigenvalue weighted by atomic mass is 35.5. The van der Waals surface area contributed by atoms with Crippen molar-refractivity contribution in [3.63, 3.8) is 0 Å². The molecule has 0 unspecified atom stereocenters. The fourth-order valence-electron chi connectivity index (χ4n) is 2.24. The van der Waals surface area contributed by atoms with Crippen LogP contribution in [0, 0.1) is 17.0 Å². The largest absolute Gasteiger partial charge is 0.465 e. The molecule has 25 heavy (non-hydrogen) atoms. The number of carbonyl (C=O) groups is 2. The van der Waals surface area contributed by atoms with Crippen molar-refractivity contribution in [3.8, 4) is 0 Å². The first-order chi connectivity index (χ1) is 11.7. The number of nitro groups is 1. The van der Waals surface area contributed by atoms with Gasteiger partial charge in [0.25, 0.3) is 11.6 Å². The number of benzene rings is 1. The minimum absolute atomic E-state index is 0.0167. The van der Waals surface area contributed by atoms with Gasteiger partial charge in [0, 0.05) is 19.2 Å². The Kier molecular flexibility index (Phi) is 5.43. The third kappa shape index (κ3) is 3.97. The number of aryl methyl sites for hydroxylation is 1. The van der Waals surface area contributed by atoms with Gasteiger partial charge in [-0.25, -0.2) is 4.79 Å². The maximum Gasteiger partial charge on any atom is 0.341 e. The molecule has 0 saturated carbocycles. The Labute approximate surface area is 148 Å². The number of furan rings is 1. The summed E-state index contributed by atoms with van der Waals surface area (Å²) in [5, 5.41) is 10.7. The van der Waals surface area contributed by atoms with Crippen molar-refractivity contribution in [1.29, 1.82) is 0 Å². The van der Waals surface area contributed by atoms with Gasteiger partial charge < -0.3 is 14.1 Å². The molecule has 0 saturated heterocycles. The molecule has 0 spiro atoms. The fraction of sp³-hybridized carbons (Fsp3) is 0.250. The lowest BCUT2D eigenvalue weighted by Gasteiger charge is -2.16. The molecule has 1 aromatic heterocycles. The lowest BCUT2D eigenvalue weighted by Crippen LogP contribution is -2.26.